The number of carbonyl (C=O) groups excluding carboxylic acids is 1. The standard InChI is InChI=1S/C13H15N3O2S/c1-16-8-7-14-13(16)19-9-12(17)15-10-3-5-11(18-2)6-4-10/h3-8H,9H2,1-2H3,(H,15,17). The molecule has 1 amide bonds. The molecule has 0 aliphatic rings. The number of amides is 1. The van der Waals surface area contributed by atoms with E-state index in [0.717, 1.165) is 16.6 Å². The fourth-order valence-electron chi connectivity index (χ4n) is 1.49. The molecule has 0 spiro atoms. The lowest BCUT2D eigenvalue weighted by molar-refractivity contribution is -0.113. The van der Waals surface area contributed by atoms with Crippen molar-refractivity contribution in [3.05, 3.63) is 36.7 Å². The van der Waals surface area contributed by atoms with Crippen LogP contribution in [-0.2, 0) is 11.8 Å². The number of ether oxygens (including phenoxy) is 1. The molecular weight excluding hydrogens is 262 g/mol. The predicted molar refractivity (Wildman–Crippen MR) is 75.6 cm³/mol. The van der Waals surface area contributed by atoms with Crippen molar-refractivity contribution in [3.63, 3.8) is 0 Å². The summed E-state index contributed by atoms with van der Waals surface area (Å²) in [6.07, 6.45) is 3.56. The third-order valence-electron chi connectivity index (χ3n) is 2.48. The van der Waals surface area contributed by atoms with Crippen molar-refractivity contribution >= 4 is 23.4 Å². The number of benzene rings is 1. The van der Waals surface area contributed by atoms with Crippen LogP contribution in [0.25, 0.3) is 0 Å². The first-order valence-electron chi connectivity index (χ1n) is 5.73. The minimum Gasteiger partial charge on any atom is -0.497 e. The number of nitrogens with one attached hydrogen (secondary N) is 1. The number of methoxy groups -OCH3 is 1. The molecule has 0 saturated heterocycles. The van der Waals surface area contributed by atoms with E-state index in [4.69, 9.17) is 4.74 Å². The number of thioether (sulfide) groups is 1. The fraction of sp³-hybridized carbons (Fsp3) is 0.231. The van der Waals surface area contributed by atoms with E-state index in [1.807, 2.05) is 42.1 Å². The highest BCUT2D eigenvalue weighted by Gasteiger charge is 2.06. The Hall–Kier alpha value is -1.95. The summed E-state index contributed by atoms with van der Waals surface area (Å²) < 4.78 is 6.94. The molecule has 0 radical (unpaired) electrons. The first-order chi connectivity index (χ1) is 9.19. The number of hydrogen-bond donors (Lipinski definition) is 1. The van der Waals surface area contributed by atoms with E-state index in [1.54, 1.807) is 13.3 Å². The molecule has 19 heavy (non-hydrogen) atoms. The molecule has 0 unspecified atom stereocenters. The molecular formula is C13H15N3O2S. The van der Waals surface area contributed by atoms with Crippen molar-refractivity contribution in [2.75, 3.05) is 18.2 Å². The van der Waals surface area contributed by atoms with Crippen LogP contribution in [0.3, 0.4) is 0 Å². The Balaban J connectivity index is 1.85. The van der Waals surface area contributed by atoms with Gasteiger partial charge in [0.2, 0.25) is 5.91 Å². The zero-order valence-electron chi connectivity index (χ0n) is 10.8. The predicted octanol–water partition coefficient (Wildman–Crippen LogP) is 2.16. The van der Waals surface area contributed by atoms with E-state index in [9.17, 15) is 4.79 Å². The van der Waals surface area contributed by atoms with Crippen LogP contribution in [-0.4, -0.2) is 28.3 Å². The second kappa shape index (κ2) is 6.29. The molecule has 1 N–H and O–H groups in total. The minimum absolute atomic E-state index is 0.0573. The summed E-state index contributed by atoms with van der Waals surface area (Å²) in [4.78, 5) is 15.9. The molecule has 2 rings (SSSR count). The zero-order chi connectivity index (χ0) is 13.7. The van der Waals surface area contributed by atoms with Crippen molar-refractivity contribution < 1.29 is 9.53 Å². The maximum atomic E-state index is 11.8. The third-order valence-corrected chi connectivity index (χ3v) is 3.54. The number of nitrogens with zero attached hydrogens (tertiary/aromatic N) is 2. The first-order valence-corrected chi connectivity index (χ1v) is 6.71. The summed E-state index contributed by atoms with van der Waals surface area (Å²) in [5.41, 5.74) is 0.756. The van der Waals surface area contributed by atoms with Gasteiger partial charge in [0, 0.05) is 25.1 Å². The summed E-state index contributed by atoms with van der Waals surface area (Å²) in [6.45, 7) is 0. The number of imidazole rings is 1. The van der Waals surface area contributed by atoms with Crippen LogP contribution in [0.4, 0.5) is 5.69 Å². The lowest BCUT2D eigenvalue weighted by Gasteiger charge is -2.06. The van der Waals surface area contributed by atoms with Gasteiger partial charge in [-0.2, -0.15) is 0 Å². The van der Waals surface area contributed by atoms with Crippen LogP contribution >= 0.6 is 11.8 Å². The van der Waals surface area contributed by atoms with E-state index in [0.29, 0.717) is 5.75 Å². The highest BCUT2D eigenvalue weighted by Crippen LogP contribution is 2.17. The van der Waals surface area contributed by atoms with Gasteiger partial charge in [-0.15, -0.1) is 0 Å². The Morgan fingerprint density at radius 2 is 2.16 bits per heavy atom. The number of rotatable bonds is 5. The monoisotopic (exact) mass is 277 g/mol. The lowest BCUT2D eigenvalue weighted by Crippen LogP contribution is -2.14. The summed E-state index contributed by atoms with van der Waals surface area (Å²) in [5.74, 6) is 1.04. The van der Waals surface area contributed by atoms with Gasteiger partial charge in [-0.1, -0.05) is 11.8 Å². The van der Waals surface area contributed by atoms with Crippen molar-refractivity contribution in [1.29, 1.82) is 0 Å². The Kier molecular flexibility index (Phi) is 4.46. The average Bonchev–Trinajstić information content (AvgIpc) is 2.83. The molecule has 6 heteroatoms. The fourth-order valence-corrected chi connectivity index (χ4v) is 2.22. The molecule has 1 aromatic carbocycles. The van der Waals surface area contributed by atoms with Gasteiger partial charge >= 0.3 is 0 Å². The van der Waals surface area contributed by atoms with Gasteiger partial charge in [-0.05, 0) is 24.3 Å². The van der Waals surface area contributed by atoms with Crippen LogP contribution in [0.5, 0.6) is 5.75 Å². The molecule has 5 nitrogen and oxygen atoms in total. The van der Waals surface area contributed by atoms with E-state index in [1.165, 1.54) is 11.8 Å². The summed E-state index contributed by atoms with van der Waals surface area (Å²) in [7, 11) is 3.51. The molecule has 0 bridgehead atoms. The Bertz CT molecular complexity index is 551. The molecule has 0 fully saturated rings. The van der Waals surface area contributed by atoms with Gasteiger partial charge in [0.05, 0.1) is 12.9 Å². The maximum absolute atomic E-state index is 11.8. The van der Waals surface area contributed by atoms with Crippen LogP contribution < -0.4 is 10.1 Å². The van der Waals surface area contributed by atoms with Crippen molar-refractivity contribution in [1.82, 2.24) is 9.55 Å². The van der Waals surface area contributed by atoms with Gasteiger partial charge in [0.15, 0.2) is 5.16 Å². The highest BCUT2D eigenvalue weighted by molar-refractivity contribution is 7.99. The van der Waals surface area contributed by atoms with Gasteiger partial charge in [-0.3, -0.25) is 4.79 Å². The van der Waals surface area contributed by atoms with Crippen molar-refractivity contribution in [2.24, 2.45) is 7.05 Å². The Morgan fingerprint density at radius 3 is 2.74 bits per heavy atom. The van der Waals surface area contributed by atoms with Crippen LogP contribution in [0.2, 0.25) is 0 Å². The van der Waals surface area contributed by atoms with E-state index < -0.39 is 0 Å². The molecule has 0 saturated carbocycles. The molecule has 2 aromatic rings. The Morgan fingerprint density at radius 1 is 1.42 bits per heavy atom. The molecule has 0 atom stereocenters. The SMILES string of the molecule is COc1ccc(NC(=O)CSc2nccn2C)cc1. The minimum atomic E-state index is -0.0573. The second-order valence-corrected chi connectivity index (χ2v) is 4.83. The topological polar surface area (TPSA) is 56.1 Å². The molecule has 0 aliphatic carbocycles. The normalized spacial score (nSPS) is 10.2. The number of aryl methyl sites for hydroxylation is 1. The van der Waals surface area contributed by atoms with Gasteiger partial charge in [0.1, 0.15) is 5.75 Å². The molecule has 0 aliphatic heterocycles. The number of carbonyl (C=O) groups is 1. The number of aromatic nitrogens is 2. The van der Waals surface area contributed by atoms with E-state index in [-0.39, 0.29) is 5.91 Å². The molecule has 1 heterocycles. The van der Waals surface area contributed by atoms with Gasteiger partial charge < -0.3 is 14.6 Å². The van der Waals surface area contributed by atoms with Crippen molar-refractivity contribution in [2.45, 2.75) is 5.16 Å². The van der Waals surface area contributed by atoms with Crippen molar-refractivity contribution in [3.8, 4) is 5.75 Å². The van der Waals surface area contributed by atoms with E-state index >= 15 is 0 Å². The Labute approximate surface area is 116 Å². The zero-order valence-corrected chi connectivity index (χ0v) is 11.6. The number of anilines is 1. The van der Waals surface area contributed by atoms with Crippen LogP contribution in [0.1, 0.15) is 0 Å². The molecule has 1 aromatic heterocycles. The van der Waals surface area contributed by atoms with Crippen LogP contribution in [0.15, 0.2) is 41.8 Å². The summed E-state index contributed by atoms with van der Waals surface area (Å²) in [6, 6.07) is 7.23. The van der Waals surface area contributed by atoms with E-state index in [2.05, 4.69) is 10.3 Å². The first kappa shape index (κ1) is 13.5. The maximum Gasteiger partial charge on any atom is 0.234 e. The highest BCUT2D eigenvalue weighted by atomic mass is 32.2. The smallest absolute Gasteiger partial charge is 0.234 e. The average molecular weight is 277 g/mol. The van der Waals surface area contributed by atoms with Gasteiger partial charge in [0.25, 0.3) is 0 Å². The summed E-state index contributed by atoms with van der Waals surface area (Å²) in [5, 5.41) is 3.65. The molecule has 100 valence electrons. The third kappa shape index (κ3) is 3.75. The lowest BCUT2D eigenvalue weighted by atomic mass is 10.3. The largest absolute Gasteiger partial charge is 0.497 e. The number of hydrogen-bond acceptors (Lipinski definition) is 4. The van der Waals surface area contributed by atoms with Crippen LogP contribution in [0, 0.1) is 0 Å². The second-order valence-electron chi connectivity index (χ2n) is 3.89. The quantitative estimate of drug-likeness (QED) is 0.851. The van der Waals surface area contributed by atoms with Gasteiger partial charge in [-0.25, -0.2) is 4.98 Å². The summed E-state index contributed by atoms with van der Waals surface area (Å²) >= 11 is 1.40.